The number of rotatable bonds is 8. The molecule has 0 amide bonds. The van der Waals surface area contributed by atoms with Gasteiger partial charge in [0.2, 0.25) is 3.79 Å². The molecular formula is C13H22Cl3N3. The maximum Gasteiger partial charge on any atom is 0.234 e. The molecule has 1 aromatic heterocycles. The van der Waals surface area contributed by atoms with Gasteiger partial charge in [0.15, 0.2) is 0 Å². The Morgan fingerprint density at radius 3 is 2.26 bits per heavy atom. The summed E-state index contributed by atoms with van der Waals surface area (Å²) in [7, 11) is 0. The molecule has 0 spiro atoms. The first-order valence-corrected chi connectivity index (χ1v) is 8.13. The maximum atomic E-state index is 6.06. The standard InChI is InChI=1S/C13H22Cl3N3/c1-3-5-7-8-10-19-12(13(14,15)16)11(17-18-19)9-6-4-2/h3-10H2,1-2H3. The van der Waals surface area contributed by atoms with Crippen molar-refractivity contribution < 1.29 is 0 Å². The SMILES string of the molecule is CCCCCCn1nnc(CCCC)c1C(Cl)(Cl)Cl. The number of hydrogen-bond acceptors (Lipinski definition) is 2. The normalized spacial score (nSPS) is 12.1. The summed E-state index contributed by atoms with van der Waals surface area (Å²) in [6, 6.07) is 0. The molecule has 0 unspecified atom stereocenters. The van der Waals surface area contributed by atoms with Crippen molar-refractivity contribution in [3.05, 3.63) is 11.4 Å². The van der Waals surface area contributed by atoms with Gasteiger partial charge in [-0.3, -0.25) is 0 Å². The molecule has 19 heavy (non-hydrogen) atoms. The zero-order chi connectivity index (χ0) is 14.3. The summed E-state index contributed by atoms with van der Waals surface area (Å²) in [4.78, 5) is 0. The smallest absolute Gasteiger partial charge is 0.234 e. The Balaban J connectivity index is 2.76. The van der Waals surface area contributed by atoms with Crippen molar-refractivity contribution in [2.45, 2.75) is 69.1 Å². The third-order valence-corrected chi connectivity index (χ3v) is 3.60. The molecule has 0 radical (unpaired) electrons. The quantitative estimate of drug-likeness (QED) is 0.495. The Hall–Kier alpha value is 0.01000. The zero-order valence-corrected chi connectivity index (χ0v) is 13.9. The Bertz CT molecular complexity index is 372. The van der Waals surface area contributed by atoms with Gasteiger partial charge in [-0.05, 0) is 19.3 Å². The van der Waals surface area contributed by atoms with Crippen LogP contribution in [-0.4, -0.2) is 15.0 Å². The van der Waals surface area contributed by atoms with Gasteiger partial charge >= 0.3 is 0 Å². The summed E-state index contributed by atoms with van der Waals surface area (Å²) in [6.45, 7) is 5.08. The van der Waals surface area contributed by atoms with Crippen molar-refractivity contribution in [3.63, 3.8) is 0 Å². The van der Waals surface area contributed by atoms with Crippen molar-refractivity contribution >= 4 is 34.8 Å². The third-order valence-electron chi connectivity index (χ3n) is 3.06. The molecule has 6 heteroatoms. The fourth-order valence-electron chi connectivity index (χ4n) is 2.02. The molecule has 0 saturated carbocycles. The van der Waals surface area contributed by atoms with Crippen molar-refractivity contribution in [1.29, 1.82) is 0 Å². The van der Waals surface area contributed by atoms with E-state index in [0.717, 1.165) is 37.9 Å². The van der Waals surface area contributed by atoms with Crippen LogP contribution in [0, 0.1) is 0 Å². The molecule has 0 aromatic carbocycles. The number of unbranched alkanes of at least 4 members (excludes halogenated alkanes) is 4. The van der Waals surface area contributed by atoms with Gasteiger partial charge in [-0.15, -0.1) is 5.10 Å². The lowest BCUT2D eigenvalue weighted by atomic mass is 10.1. The summed E-state index contributed by atoms with van der Waals surface area (Å²) < 4.78 is 0.311. The van der Waals surface area contributed by atoms with Crippen LogP contribution < -0.4 is 0 Å². The Labute approximate surface area is 130 Å². The number of hydrogen-bond donors (Lipinski definition) is 0. The van der Waals surface area contributed by atoms with E-state index >= 15 is 0 Å². The van der Waals surface area contributed by atoms with E-state index in [-0.39, 0.29) is 0 Å². The number of aromatic nitrogens is 3. The van der Waals surface area contributed by atoms with Gasteiger partial charge in [0.25, 0.3) is 0 Å². The van der Waals surface area contributed by atoms with E-state index in [4.69, 9.17) is 34.8 Å². The van der Waals surface area contributed by atoms with Crippen LogP contribution in [0.15, 0.2) is 0 Å². The molecular weight excluding hydrogens is 305 g/mol. The first kappa shape index (κ1) is 17.1. The molecule has 0 aliphatic heterocycles. The van der Waals surface area contributed by atoms with Gasteiger partial charge in [0, 0.05) is 6.54 Å². The van der Waals surface area contributed by atoms with Gasteiger partial charge in [-0.2, -0.15) is 0 Å². The van der Waals surface area contributed by atoms with Gasteiger partial charge in [-0.1, -0.05) is 79.5 Å². The minimum atomic E-state index is -1.45. The second-order valence-electron chi connectivity index (χ2n) is 4.77. The topological polar surface area (TPSA) is 30.7 Å². The maximum absolute atomic E-state index is 6.06. The van der Waals surface area contributed by atoms with Gasteiger partial charge < -0.3 is 0 Å². The van der Waals surface area contributed by atoms with Crippen LogP contribution >= 0.6 is 34.8 Å². The van der Waals surface area contributed by atoms with E-state index in [9.17, 15) is 0 Å². The van der Waals surface area contributed by atoms with Crippen LogP contribution in [0.5, 0.6) is 0 Å². The highest BCUT2D eigenvalue weighted by Crippen LogP contribution is 2.39. The summed E-state index contributed by atoms with van der Waals surface area (Å²) in [5, 5.41) is 8.33. The van der Waals surface area contributed by atoms with Crippen LogP contribution in [0.4, 0.5) is 0 Å². The predicted molar refractivity (Wildman–Crippen MR) is 82.0 cm³/mol. The molecule has 1 heterocycles. The Morgan fingerprint density at radius 1 is 1.00 bits per heavy atom. The molecule has 0 saturated heterocycles. The Kier molecular flexibility index (Phi) is 7.48. The summed E-state index contributed by atoms with van der Waals surface area (Å²) in [6.07, 6.45) is 7.56. The van der Waals surface area contributed by atoms with Gasteiger partial charge in [0.05, 0.1) is 5.69 Å². The minimum absolute atomic E-state index is 0.641. The van der Waals surface area contributed by atoms with Crippen molar-refractivity contribution in [2.24, 2.45) is 0 Å². The Morgan fingerprint density at radius 2 is 1.68 bits per heavy atom. The third kappa shape index (κ3) is 5.49. The van der Waals surface area contributed by atoms with Gasteiger partial charge in [0.1, 0.15) is 5.69 Å². The average molecular weight is 327 g/mol. The van der Waals surface area contributed by atoms with Crippen molar-refractivity contribution in [3.8, 4) is 0 Å². The van der Waals surface area contributed by atoms with Crippen molar-refractivity contribution in [1.82, 2.24) is 15.0 Å². The lowest BCUT2D eigenvalue weighted by molar-refractivity contribution is 0.514. The largest absolute Gasteiger partial charge is 0.245 e. The molecule has 0 aliphatic rings. The van der Waals surface area contributed by atoms with E-state index in [1.807, 2.05) is 0 Å². The number of halogens is 3. The molecule has 0 atom stereocenters. The van der Waals surface area contributed by atoms with Crippen LogP contribution in [0.25, 0.3) is 0 Å². The van der Waals surface area contributed by atoms with E-state index in [0.29, 0.717) is 5.69 Å². The van der Waals surface area contributed by atoms with E-state index in [1.54, 1.807) is 4.68 Å². The molecule has 3 nitrogen and oxygen atoms in total. The fraction of sp³-hybridized carbons (Fsp3) is 0.846. The summed E-state index contributed by atoms with van der Waals surface area (Å²) in [5.41, 5.74) is 1.46. The molecule has 110 valence electrons. The molecule has 1 aromatic rings. The fourth-order valence-corrected chi connectivity index (χ4v) is 2.64. The number of nitrogens with zero attached hydrogens (tertiary/aromatic N) is 3. The lowest BCUT2D eigenvalue weighted by Gasteiger charge is -2.14. The lowest BCUT2D eigenvalue weighted by Crippen LogP contribution is -2.14. The van der Waals surface area contributed by atoms with Crippen LogP contribution in [0.1, 0.15) is 63.8 Å². The molecule has 0 N–H and O–H groups in total. The molecule has 0 aliphatic carbocycles. The molecule has 0 fully saturated rings. The zero-order valence-electron chi connectivity index (χ0n) is 11.6. The number of alkyl halides is 3. The minimum Gasteiger partial charge on any atom is -0.245 e. The molecule has 0 bridgehead atoms. The van der Waals surface area contributed by atoms with E-state index in [2.05, 4.69) is 24.2 Å². The van der Waals surface area contributed by atoms with Crippen LogP contribution in [0.3, 0.4) is 0 Å². The first-order chi connectivity index (χ1) is 9.00. The highest BCUT2D eigenvalue weighted by molar-refractivity contribution is 6.66. The van der Waals surface area contributed by atoms with E-state index < -0.39 is 3.79 Å². The van der Waals surface area contributed by atoms with Crippen LogP contribution in [0.2, 0.25) is 0 Å². The second kappa shape index (κ2) is 8.33. The second-order valence-corrected chi connectivity index (χ2v) is 7.05. The highest BCUT2D eigenvalue weighted by atomic mass is 35.6. The van der Waals surface area contributed by atoms with Crippen LogP contribution in [-0.2, 0) is 16.8 Å². The highest BCUT2D eigenvalue weighted by Gasteiger charge is 2.32. The molecule has 1 rings (SSSR count). The monoisotopic (exact) mass is 325 g/mol. The number of aryl methyl sites for hydroxylation is 2. The summed E-state index contributed by atoms with van der Waals surface area (Å²) >= 11 is 18.2. The van der Waals surface area contributed by atoms with Gasteiger partial charge in [-0.25, -0.2) is 4.68 Å². The predicted octanol–water partition coefficient (Wildman–Crippen LogP) is 5.03. The first-order valence-electron chi connectivity index (χ1n) is 7.00. The summed E-state index contributed by atoms with van der Waals surface area (Å²) in [5.74, 6) is 0. The van der Waals surface area contributed by atoms with E-state index in [1.165, 1.54) is 19.3 Å². The van der Waals surface area contributed by atoms with Crippen molar-refractivity contribution in [2.75, 3.05) is 0 Å². The average Bonchev–Trinajstić information content (AvgIpc) is 2.75.